The van der Waals surface area contributed by atoms with Crippen molar-refractivity contribution in [2.75, 3.05) is 7.11 Å². The maximum absolute atomic E-state index is 12.9. The van der Waals surface area contributed by atoms with Gasteiger partial charge in [0.25, 0.3) is 11.5 Å². The van der Waals surface area contributed by atoms with Crippen LogP contribution in [0.4, 0.5) is 0 Å². The third kappa shape index (κ3) is 4.65. The molecule has 168 valence electrons. The summed E-state index contributed by atoms with van der Waals surface area (Å²) in [5, 5.41) is 2.93. The predicted molar refractivity (Wildman–Crippen MR) is 130 cm³/mol. The molecule has 0 fully saturated rings. The van der Waals surface area contributed by atoms with Crippen LogP contribution in [0.1, 0.15) is 38.3 Å². The molecule has 0 aliphatic rings. The number of para-hydroxylation sites is 1. The van der Waals surface area contributed by atoms with Crippen LogP contribution < -0.4 is 15.6 Å². The summed E-state index contributed by atoms with van der Waals surface area (Å²) in [7, 11) is 1.61. The molecule has 1 heterocycles. The van der Waals surface area contributed by atoms with E-state index in [9.17, 15) is 9.59 Å². The van der Waals surface area contributed by atoms with E-state index in [1.54, 1.807) is 30.7 Å². The lowest BCUT2D eigenvalue weighted by Crippen LogP contribution is -2.25. The van der Waals surface area contributed by atoms with Gasteiger partial charge >= 0.3 is 0 Å². The SMILES string of the molecule is COc1ccccc1CNC(=O)c1ccc(Cn2c(=O)c(C)nc3cc(C)c(C)cc32)cc1. The summed E-state index contributed by atoms with van der Waals surface area (Å²) in [6.45, 7) is 6.59. The minimum atomic E-state index is -0.166. The normalized spacial score (nSPS) is 10.9. The number of rotatable bonds is 6. The first-order valence-electron chi connectivity index (χ1n) is 10.8. The number of methoxy groups -OCH3 is 1. The van der Waals surface area contributed by atoms with E-state index >= 15 is 0 Å². The van der Waals surface area contributed by atoms with Crippen LogP contribution in [0.15, 0.2) is 65.5 Å². The predicted octanol–water partition coefficient (Wildman–Crippen LogP) is 4.31. The van der Waals surface area contributed by atoms with Gasteiger partial charge in [-0.25, -0.2) is 4.98 Å². The number of nitrogens with one attached hydrogen (secondary N) is 1. The molecular weight excluding hydrogens is 414 g/mol. The Morgan fingerprint density at radius 2 is 1.70 bits per heavy atom. The Bertz CT molecular complexity index is 1390. The number of aryl methyl sites for hydroxylation is 3. The third-order valence-corrected chi connectivity index (χ3v) is 5.91. The van der Waals surface area contributed by atoms with E-state index < -0.39 is 0 Å². The lowest BCUT2D eigenvalue weighted by atomic mass is 10.1. The Morgan fingerprint density at radius 1 is 1.00 bits per heavy atom. The van der Waals surface area contributed by atoms with Crippen molar-refractivity contribution in [2.24, 2.45) is 0 Å². The largest absolute Gasteiger partial charge is 0.496 e. The van der Waals surface area contributed by atoms with Crippen LogP contribution in [0.3, 0.4) is 0 Å². The second-order valence-electron chi connectivity index (χ2n) is 8.21. The van der Waals surface area contributed by atoms with Gasteiger partial charge in [-0.15, -0.1) is 0 Å². The Balaban J connectivity index is 1.54. The molecule has 1 aromatic heterocycles. The summed E-state index contributed by atoms with van der Waals surface area (Å²) < 4.78 is 7.09. The second kappa shape index (κ2) is 9.28. The third-order valence-electron chi connectivity index (χ3n) is 5.91. The van der Waals surface area contributed by atoms with Crippen LogP contribution >= 0.6 is 0 Å². The average molecular weight is 442 g/mol. The molecule has 0 saturated heterocycles. The fourth-order valence-electron chi connectivity index (χ4n) is 3.85. The van der Waals surface area contributed by atoms with Crippen LogP contribution in [0.2, 0.25) is 0 Å². The number of amides is 1. The second-order valence-corrected chi connectivity index (χ2v) is 8.21. The smallest absolute Gasteiger partial charge is 0.272 e. The van der Waals surface area contributed by atoms with Gasteiger partial charge in [-0.1, -0.05) is 30.3 Å². The zero-order valence-electron chi connectivity index (χ0n) is 19.3. The van der Waals surface area contributed by atoms with Gasteiger partial charge in [-0.05, 0) is 67.8 Å². The molecule has 0 saturated carbocycles. The highest BCUT2D eigenvalue weighted by Crippen LogP contribution is 2.19. The van der Waals surface area contributed by atoms with Crippen molar-refractivity contribution in [1.82, 2.24) is 14.9 Å². The van der Waals surface area contributed by atoms with Crippen molar-refractivity contribution in [3.8, 4) is 5.75 Å². The first kappa shape index (κ1) is 22.3. The summed E-state index contributed by atoms with van der Waals surface area (Å²) in [6, 6.07) is 18.9. The first-order chi connectivity index (χ1) is 15.9. The Labute approximate surface area is 192 Å². The molecule has 4 aromatic rings. The van der Waals surface area contributed by atoms with E-state index in [1.807, 2.05) is 62.4 Å². The van der Waals surface area contributed by atoms with Gasteiger partial charge in [0.2, 0.25) is 0 Å². The number of benzene rings is 3. The topological polar surface area (TPSA) is 73.2 Å². The number of aromatic nitrogens is 2. The molecule has 6 nitrogen and oxygen atoms in total. The molecule has 0 aliphatic carbocycles. The highest BCUT2D eigenvalue weighted by atomic mass is 16.5. The number of hydrogen-bond acceptors (Lipinski definition) is 4. The van der Waals surface area contributed by atoms with E-state index in [-0.39, 0.29) is 11.5 Å². The molecule has 4 rings (SSSR count). The van der Waals surface area contributed by atoms with Crippen LogP contribution in [0.25, 0.3) is 11.0 Å². The van der Waals surface area contributed by atoms with E-state index in [0.29, 0.717) is 24.3 Å². The number of fused-ring (bicyclic) bond motifs is 1. The molecule has 0 unspecified atom stereocenters. The number of carbonyl (C=O) groups excluding carboxylic acids is 1. The fraction of sp³-hybridized carbons (Fsp3) is 0.222. The highest BCUT2D eigenvalue weighted by Gasteiger charge is 2.12. The molecule has 3 aromatic carbocycles. The highest BCUT2D eigenvalue weighted by molar-refractivity contribution is 5.94. The van der Waals surface area contributed by atoms with Crippen LogP contribution in [0.5, 0.6) is 5.75 Å². The summed E-state index contributed by atoms with van der Waals surface area (Å²) in [5.74, 6) is 0.574. The van der Waals surface area contributed by atoms with Crippen molar-refractivity contribution in [3.05, 3.63) is 105 Å². The van der Waals surface area contributed by atoms with Gasteiger partial charge < -0.3 is 14.6 Å². The molecule has 1 amide bonds. The number of hydrogen-bond donors (Lipinski definition) is 1. The number of carbonyl (C=O) groups is 1. The zero-order chi connectivity index (χ0) is 23.5. The molecule has 0 spiro atoms. The lowest BCUT2D eigenvalue weighted by molar-refractivity contribution is 0.0950. The molecule has 0 atom stereocenters. The zero-order valence-corrected chi connectivity index (χ0v) is 19.3. The first-order valence-corrected chi connectivity index (χ1v) is 10.8. The molecule has 0 radical (unpaired) electrons. The maximum Gasteiger partial charge on any atom is 0.272 e. The van der Waals surface area contributed by atoms with Gasteiger partial charge in [0.05, 0.1) is 24.7 Å². The van der Waals surface area contributed by atoms with E-state index in [0.717, 1.165) is 39.0 Å². The molecule has 0 bridgehead atoms. The molecule has 6 heteroatoms. The van der Waals surface area contributed by atoms with Gasteiger partial charge in [0.15, 0.2) is 0 Å². The van der Waals surface area contributed by atoms with Crippen molar-refractivity contribution < 1.29 is 9.53 Å². The summed E-state index contributed by atoms with van der Waals surface area (Å²) in [5.41, 5.74) is 6.64. The molecule has 33 heavy (non-hydrogen) atoms. The van der Waals surface area contributed by atoms with Crippen LogP contribution in [-0.4, -0.2) is 22.6 Å². The summed E-state index contributed by atoms with van der Waals surface area (Å²) in [6.07, 6.45) is 0. The minimum Gasteiger partial charge on any atom is -0.496 e. The van der Waals surface area contributed by atoms with Crippen molar-refractivity contribution in [1.29, 1.82) is 0 Å². The maximum atomic E-state index is 12.9. The van der Waals surface area contributed by atoms with Crippen LogP contribution in [0, 0.1) is 20.8 Å². The summed E-state index contributed by atoms with van der Waals surface area (Å²) >= 11 is 0. The van der Waals surface area contributed by atoms with E-state index in [4.69, 9.17) is 4.74 Å². The van der Waals surface area contributed by atoms with Crippen molar-refractivity contribution in [3.63, 3.8) is 0 Å². The quantitative estimate of drug-likeness (QED) is 0.484. The Kier molecular flexibility index (Phi) is 6.27. The summed E-state index contributed by atoms with van der Waals surface area (Å²) in [4.78, 5) is 30.0. The standard InChI is InChI=1S/C27H27N3O3/c1-17-13-23-24(14-18(17)2)30(27(32)19(3)29-23)16-20-9-11-21(12-10-20)26(31)28-15-22-7-5-6-8-25(22)33-4/h5-14H,15-16H2,1-4H3,(H,28,31). The lowest BCUT2D eigenvalue weighted by Gasteiger charge is -2.13. The molecular formula is C27H27N3O3. The Hall–Kier alpha value is -3.93. The van der Waals surface area contributed by atoms with Gasteiger partial charge in [-0.3, -0.25) is 9.59 Å². The average Bonchev–Trinajstić information content (AvgIpc) is 2.82. The van der Waals surface area contributed by atoms with Crippen LogP contribution in [-0.2, 0) is 13.1 Å². The minimum absolute atomic E-state index is 0.107. The van der Waals surface area contributed by atoms with E-state index in [2.05, 4.69) is 10.3 Å². The molecule has 1 N–H and O–H groups in total. The van der Waals surface area contributed by atoms with Gasteiger partial charge in [0, 0.05) is 17.7 Å². The van der Waals surface area contributed by atoms with Gasteiger partial charge in [-0.2, -0.15) is 0 Å². The monoisotopic (exact) mass is 441 g/mol. The fourth-order valence-corrected chi connectivity index (χ4v) is 3.85. The van der Waals surface area contributed by atoms with Crippen molar-refractivity contribution >= 4 is 16.9 Å². The van der Waals surface area contributed by atoms with Gasteiger partial charge in [0.1, 0.15) is 11.4 Å². The molecule has 0 aliphatic heterocycles. The number of nitrogens with zero attached hydrogens (tertiary/aromatic N) is 2. The van der Waals surface area contributed by atoms with Crippen molar-refractivity contribution in [2.45, 2.75) is 33.9 Å². The van der Waals surface area contributed by atoms with E-state index in [1.165, 1.54) is 0 Å². The number of ether oxygens (including phenoxy) is 1. The Morgan fingerprint density at radius 3 is 2.42 bits per heavy atom.